The molecule has 312 valence electrons. The van der Waals surface area contributed by atoms with E-state index in [1.165, 1.54) is 35.1 Å². The molecule has 0 radical (unpaired) electrons. The highest BCUT2D eigenvalue weighted by molar-refractivity contribution is 6.33. The van der Waals surface area contributed by atoms with E-state index in [2.05, 4.69) is 42.2 Å². The second kappa shape index (κ2) is 17.1. The number of carbonyl (C=O) groups excluding carboxylic acids is 3. The number of rotatable bonds is 14. The molecule has 2 aliphatic carbocycles. The van der Waals surface area contributed by atoms with Crippen molar-refractivity contribution in [3.05, 3.63) is 75.7 Å². The quantitative estimate of drug-likeness (QED) is 0.142. The molecular formula is C43H53ClFN11O3. The molecule has 1 unspecified atom stereocenters. The van der Waals surface area contributed by atoms with Gasteiger partial charge in [0.1, 0.15) is 11.9 Å². The van der Waals surface area contributed by atoms with Crippen LogP contribution in [-0.2, 0) is 42.7 Å². The molecule has 1 atom stereocenters. The Labute approximate surface area is 348 Å². The molecule has 4 fully saturated rings. The summed E-state index contributed by atoms with van der Waals surface area (Å²) < 4.78 is 18.8. The van der Waals surface area contributed by atoms with E-state index in [1.54, 1.807) is 12.3 Å². The van der Waals surface area contributed by atoms with Gasteiger partial charge in [0.15, 0.2) is 0 Å². The Morgan fingerprint density at radius 2 is 1.71 bits per heavy atom. The van der Waals surface area contributed by atoms with Gasteiger partial charge in [-0.2, -0.15) is 10.2 Å². The number of aryl methyl sites for hydroxylation is 2. The average molecular weight is 826 g/mol. The molecule has 0 spiro atoms. The Morgan fingerprint density at radius 1 is 0.915 bits per heavy atom. The predicted molar refractivity (Wildman–Crippen MR) is 220 cm³/mol. The van der Waals surface area contributed by atoms with Gasteiger partial charge >= 0.3 is 0 Å². The van der Waals surface area contributed by atoms with E-state index in [0.717, 1.165) is 112 Å². The maximum absolute atomic E-state index is 14.8. The number of amides is 3. The number of benzene rings is 1. The van der Waals surface area contributed by atoms with Gasteiger partial charge in [0.05, 0.1) is 29.3 Å². The van der Waals surface area contributed by atoms with Crippen LogP contribution in [0.4, 0.5) is 10.3 Å². The van der Waals surface area contributed by atoms with E-state index in [9.17, 15) is 18.8 Å². The number of aromatic nitrogens is 6. The number of likely N-dealkylation sites (tertiary alicyclic amines) is 1. The van der Waals surface area contributed by atoms with Gasteiger partial charge in [0.2, 0.25) is 17.8 Å². The number of hydrogen-bond donors (Lipinski definition) is 3. The van der Waals surface area contributed by atoms with Crippen molar-refractivity contribution in [1.82, 2.24) is 50.0 Å². The monoisotopic (exact) mass is 825 g/mol. The van der Waals surface area contributed by atoms with Crippen molar-refractivity contribution in [2.45, 2.75) is 121 Å². The molecule has 3 N–H and O–H groups in total. The third-order valence-corrected chi connectivity index (χ3v) is 13.4. The minimum atomic E-state index is -0.711. The molecular weight excluding hydrogens is 773 g/mol. The summed E-state index contributed by atoms with van der Waals surface area (Å²) in [7, 11) is 1.99. The number of nitrogens with zero attached hydrogens (tertiary/aromatic N) is 8. The normalized spacial score (nSPS) is 22.9. The van der Waals surface area contributed by atoms with Crippen LogP contribution in [0.1, 0.15) is 109 Å². The summed E-state index contributed by atoms with van der Waals surface area (Å²) in [5.41, 5.74) is 6.16. The number of fused-ring (bicyclic) bond motifs is 1. The van der Waals surface area contributed by atoms with Gasteiger partial charge in [-0.05, 0) is 125 Å². The molecule has 3 aromatic heterocycles. The molecule has 59 heavy (non-hydrogen) atoms. The Kier molecular flexibility index (Phi) is 11.5. The number of piperidine rings is 2. The van der Waals surface area contributed by atoms with E-state index in [4.69, 9.17) is 16.6 Å². The molecule has 16 heteroatoms. The lowest BCUT2D eigenvalue weighted by molar-refractivity contribution is -0.136. The van der Waals surface area contributed by atoms with Crippen LogP contribution in [0.25, 0.3) is 11.3 Å². The minimum Gasteiger partial charge on any atom is -0.351 e. The first-order valence-electron chi connectivity index (χ1n) is 21.4. The van der Waals surface area contributed by atoms with E-state index in [-0.39, 0.29) is 37.1 Å². The zero-order valence-corrected chi connectivity index (χ0v) is 34.4. The fourth-order valence-electron chi connectivity index (χ4n) is 9.57. The standard InChI is InChI=1S/C43H53ClFN11O3/c1-53-38(17-26-3-4-26)34(22-48-53)40-36(44)23-47-43(52-40)50-31-7-5-30(6-8-31)46-20-27-21-49-55(24-27)14-2-13-54-15-11-28(12-16-54)32-18-29(45)19-33-35(32)25-56(42(33)59)37-9-10-39(57)51-41(37)58/h18-19,21-24,26,28,30-31,37,46H,2-17,20,25H2,1H3,(H,47,50,52)(H,51,57,58)/t30-,31-,37?. The molecule has 2 saturated carbocycles. The third-order valence-electron chi connectivity index (χ3n) is 13.1. The summed E-state index contributed by atoms with van der Waals surface area (Å²) in [4.78, 5) is 50.9. The zero-order valence-electron chi connectivity index (χ0n) is 33.6. The van der Waals surface area contributed by atoms with Crippen LogP contribution in [0, 0.1) is 11.7 Å². The van der Waals surface area contributed by atoms with Gasteiger partial charge in [0, 0.05) is 73.8 Å². The lowest BCUT2D eigenvalue weighted by Gasteiger charge is -2.33. The number of carbonyl (C=O) groups is 3. The number of halogens is 2. The van der Waals surface area contributed by atoms with E-state index in [0.29, 0.717) is 28.6 Å². The molecule has 0 bridgehead atoms. The van der Waals surface area contributed by atoms with Crippen molar-refractivity contribution in [3.8, 4) is 11.3 Å². The number of hydrogen-bond acceptors (Lipinski definition) is 10. The Bertz CT molecular complexity index is 2210. The van der Waals surface area contributed by atoms with Crippen molar-refractivity contribution in [2.75, 3.05) is 25.0 Å². The SMILES string of the molecule is Cn1ncc(-c2nc(N[C@H]3CC[C@H](NCc4cnn(CCCN5CCC(c6cc(F)cc7c6CN(C6CCC(=O)NC6=O)C7=O)CC5)c4)CC3)ncc2Cl)c1CC1CC1. The number of nitrogens with one attached hydrogen (secondary N) is 3. The van der Waals surface area contributed by atoms with Crippen LogP contribution >= 0.6 is 11.6 Å². The topological polar surface area (TPSA) is 155 Å². The molecule has 6 heterocycles. The van der Waals surface area contributed by atoms with Crippen LogP contribution in [-0.4, -0.2) is 94.8 Å². The van der Waals surface area contributed by atoms with E-state index in [1.807, 2.05) is 28.8 Å². The van der Waals surface area contributed by atoms with Crippen LogP contribution in [0.3, 0.4) is 0 Å². The lowest BCUT2D eigenvalue weighted by atomic mass is 9.85. The van der Waals surface area contributed by atoms with E-state index >= 15 is 0 Å². The first kappa shape index (κ1) is 39.7. The van der Waals surface area contributed by atoms with Crippen molar-refractivity contribution in [2.24, 2.45) is 13.0 Å². The van der Waals surface area contributed by atoms with Gasteiger partial charge in [-0.1, -0.05) is 11.6 Å². The van der Waals surface area contributed by atoms with Crippen molar-refractivity contribution in [1.29, 1.82) is 0 Å². The summed E-state index contributed by atoms with van der Waals surface area (Å²) >= 11 is 6.60. The average Bonchev–Trinajstić information content (AvgIpc) is 3.68. The summed E-state index contributed by atoms with van der Waals surface area (Å²) in [6, 6.07) is 2.91. The molecule has 14 nitrogen and oxygen atoms in total. The number of anilines is 1. The second-order valence-electron chi connectivity index (χ2n) is 17.2. The highest BCUT2D eigenvalue weighted by atomic mass is 35.5. The molecule has 4 aromatic rings. The Hall–Kier alpha value is -4.73. The Balaban J connectivity index is 0.694. The highest BCUT2D eigenvalue weighted by Gasteiger charge is 2.41. The summed E-state index contributed by atoms with van der Waals surface area (Å²) in [5, 5.41) is 19.4. The molecule has 2 saturated heterocycles. The van der Waals surface area contributed by atoms with Gasteiger partial charge < -0.3 is 20.4 Å². The molecule has 3 aliphatic heterocycles. The summed E-state index contributed by atoms with van der Waals surface area (Å²) in [6.45, 7) is 4.64. The fraction of sp³-hybridized carbons (Fsp3) is 0.558. The van der Waals surface area contributed by atoms with Gasteiger partial charge in [-0.15, -0.1) is 0 Å². The van der Waals surface area contributed by atoms with Gasteiger partial charge in [0.25, 0.3) is 5.91 Å². The lowest BCUT2D eigenvalue weighted by Crippen LogP contribution is -2.52. The minimum absolute atomic E-state index is 0.145. The van der Waals surface area contributed by atoms with Gasteiger partial charge in [-0.3, -0.25) is 29.1 Å². The first-order chi connectivity index (χ1) is 28.6. The maximum atomic E-state index is 14.8. The van der Waals surface area contributed by atoms with Crippen LogP contribution in [0.15, 0.2) is 36.9 Å². The number of imide groups is 1. The second-order valence-corrected chi connectivity index (χ2v) is 17.6. The molecule has 5 aliphatic rings. The summed E-state index contributed by atoms with van der Waals surface area (Å²) in [5.74, 6) is -0.0431. The molecule has 1 aromatic carbocycles. The molecule has 9 rings (SSSR count). The largest absolute Gasteiger partial charge is 0.351 e. The zero-order chi connectivity index (χ0) is 40.6. The smallest absolute Gasteiger partial charge is 0.255 e. The van der Waals surface area contributed by atoms with Crippen LogP contribution < -0.4 is 16.0 Å². The van der Waals surface area contributed by atoms with Crippen LogP contribution in [0.2, 0.25) is 5.02 Å². The highest BCUT2D eigenvalue weighted by Crippen LogP contribution is 2.39. The van der Waals surface area contributed by atoms with Crippen molar-refractivity contribution in [3.63, 3.8) is 0 Å². The van der Waals surface area contributed by atoms with Crippen molar-refractivity contribution >= 4 is 35.3 Å². The van der Waals surface area contributed by atoms with Gasteiger partial charge in [-0.25, -0.2) is 14.4 Å². The summed E-state index contributed by atoms with van der Waals surface area (Å²) in [6.07, 6.45) is 18.6. The first-order valence-corrected chi connectivity index (χ1v) is 21.8. The molecule has 3 amide bonds. The van der Waals surface area contributed by atoms with E-state index < -0.39 is 17.8 Å². The predicted octanol–water partition coefficient (Wildman–Crippen LogP) is 5.36. The van der Waals surface area contributed by atoms with Crippen molar-refractivity contribution < 1.29 is 18.8 Å². The maximum Gasteiger partial charge on any atom is 0.255 e. The Morgan fingerprint density at radius 3 is 2.49 bits per heavy atom. The fourth-order valence-corrected chi connectivity index (χ4v) is 9.76. The van der Waals surface area contributed by atoms with Crippen LogP contribution in [0.5, 0.6) is 0 Å². The third kappa shape index (κ3) is 8.92.